The number of phenols is 1. The second kappa shape index (κ2) is 9.08. The molecule has 6 heteroatoms. The first kappa shape index (κ1) is 21.2. The van der Waals surface area contributed by atoms with Crippen LogP contribution in [0, 0.1) is 6.92 Å². The van der Waals surface area contributed by atoms with Crippen LogP contribution in [0.4, 0.5) is 5.69 Å². The first-order valence-electron chi connectivity index (χ1n) is 11.5. The highest BCUT2D eigenvalue weighted by Gasteiger charge is 2.26. The van der Waals surface area contributed by atoms with Crippen molar-refractivity contribution in [1.29, 1.82) is 0 Å². The number of aromatic hydroxyl groups is 1. The van der Waals surface area contributed by atoms with E-state index in [4.69, 9.17) is 0 Å². The van der Waals surface area contributed by atoms with E-state index in [1.807, 2.05) is 43.3 Å². The van der Waals surface area contributed by atoms with Crippen LogP contribution < -0.4 is 5.32 Å². The van der Waals surface area contributed by atoms with Gasteiger partial charge >= 0.3 is 0 Å². The maximum atomic E-state index is 13.6. The van der Waals surface area contributed by atoms with Gasteiger partial charge in [0.1, 0.15) is 5.75 Å². The number of anilines is 1. The summed E-state index contributed by atoms with van der Waals surface area (Å²) < 4.78 is 2.11. The SMILES string of the molecule is Cc1c(C(=O)Nc2ccncc2)c2c(CN3CCCCC3)c(O)ccc2n1-c1ccccc1. The number of hydrogen-bond acceptors (Lipinski definition) is 4. The third-order valence-electron chi connectivity index (χ3n) is 6.46. The highest BCUT2D eigenvalue weighted by Crippen LogP contribution is 2.37. The Morgan fingerprint density at radius 1 is 1.00 bits per heavy atom. The molecule has 2 aromatic carbocycles. The second-order valence-corrected chi connectivity index (χ2v) is 8.62. The molecule has 3 heterocycles. The predicted molar refractivity (Wildman–Crippen MR) is 131 cm³/mol. The number of nitrogens with zero attached hydrogens (tertiary/aromatic N) is 3. The third kappa shape index (κ3) is 4.10. The van der Waals surface area contributed by atoms with Crippen LogP contribution in [-0.2, 0) is 6.54 Å². The van der Waals surface area contributed by atoms with Crippen molar-refractivity contribution in [2.24, 2.45) is 0 Å². The minimum atomic E-state index is -0.191. The summed E-state index contributed by atoms with van der Waals surface area (Å²) in [6.07, 6.45) is 6.88. The highest BCUT2D eigenvalue weighted by molar-refractivity contribution is 6.15. The van der Waals surface area contributed by atoms with Gasteiger partial charge in [0.25, 0.3) is 5.91 Å². The summed E-state index contributed by atoms with van der Waals surface area (Å²) >= 11 is 0. The molecule has 0 unspecified atom stereocenters. The fraction of sp³-hybridized carbons (Fsp3) is 0.259. The zero-order valence-corrected chi connectivity index (χ0v) is 18.8. The zero-order valence-electron chi connectivity index (χ0n) is 18.8. The summed E-state index contributed by atoms with van der Waals surface area (Å²) in [4.78, 5) is 20.0. The van der Waals surface area contributed by atoms with E-state index in [0.717, 1.165) is 53.8 Å². The maximum Gasteiger partial charge on any atom is 0.258 e. The Morgan fingerprint density at radius 2 is 1.73 bits per heavy atom. The Kier molecular flexibility index (Phi) is 5.84. The van der Waals surface area contributed by atoms with E-state index < -0.39 is 0 Å². The molecule has 33 heavy (non-hydrogen) atoms. The lowest BCUT2D eigenvalue weighted by Gasteiger charge is -2.27. The van der Waals surface area contributed by atoms with Crippen LogP contribution in [0.2, 0.25) is 0 Å². The number of amides is 1. The number of phenolic OH excluding ortho intramolecular Hbond substituents is 1. The van der Waals surface area contributed by atoms with E-state index in [0.29, 0.717) is 17.8 Å². The van der Waals surface area contributed by atoms with Gasteiger partial charge in [-0.25, -0.2) is 0 Å². The predicted octanol–water partition coefficient (Wildman–Crippen LogP) is 5.28. The maximum absolute atomic E-state index is 13.6. The van der Waals surface area contributed by atoms with Crippen LogP contribution in [0.15, 0.2) is 67.0 Å². The van der Waals surface area contributed by atoms with Crippen LogP contribution in [0.1, 0.15) is 40.9 Å². The Morgan fingerprint density at radius 3 is 2.45 bits per heavy atom. The molecule has 6 nitrogen and oxygen atoms in total. The smallest absolute Gasteiger partial charge is 0.258 e. The number of fused-ring (bicyclic) bond motifs is 1. The number of piperidine rings is 1. The number of pyridine rings is 1. The molecule has 1 fully saturated rings. The molecule has 0 aliphatic carbocycles. The number of benzene rings is 2. The Hall–Kier alpha value is -3.64. The average molecular weight is 441 g/mol. The number of para-hydroxylation sites is 1. The number of carbonyl (C=O) groups excluding carboxylic acids is 1. The molecular formula is C27H28N4O2. The molecule has 1 saturated heterocycles. The molecule has 4 aromatic rings. The molecule has 0 atom stereocenters. The number of hydrogen-bond donors (Lipinski definition) is 2. The van der Waals surface area contributed by atoms with Gasteiger partial charge in [-0.1, -0.05) is 24.6 Å². The highest BCUT2D eigenvalue weighted by atomic mass is 16.3. The second-order valence-electron chi connectivity index (χ2n) is 8.62. The number of carbonyl (C=O) groups is 1. The zero-order chi connectivity index (χ0) is 22.8. The van der Waals surface area contributed by atoms with Crippen LogP contribution >= 0.6 is 0 Å². The van der Waals surface area contributed by atoms with Gasteiger partial charge in [0, 0.05) is 47.0 Å². The molecule has 2 N–H and O–H groups in total. The van der Waals surface area contributed by atoms with E-state index in [1.54, 1.807) is 30.6 Å². The lowest BCUT2D eigenvalue weighted by atomic mass is 10.0. The van der Waals surface area contributed by atoms with Crippen molar-refractivity contribution in [2.75, 3.05) is 18.4 Å². The number of likely N-dealkylation sites (tertiary alicyclic amines) is 1. The first-order chi connectivity index (χ1) is 16.1. The van der Waals surface area contributed by atoms with Gasteiger partial charge in [0.15, 0.2) is 0 Å². The van der Waals surface area contributed by atoms with E-state index in [2.05, 4.69) is 19.8 Å². The van der Waals surface area contributed by atoms with Crippen molar-refractivity contribution in [3.8, 4) is 11.4 Å². The minimum absolute atomic E-state index is 0.191. The molecule has 1 aliphatic rings. The summed E-state index contributed by atoms with van der Waals surface area (Å²) in [6.45, 7) is 4.60. The minimum Gasteiger partial charge on any atom is -0.508 e. The molecule has 5 rings (SSSR count). The summed E-state index contributed by atoms with van der Waals surface area (Å²) in [5.41, 5.74) is 4.84. The van der Waals surface area contributed by atoms with Crippen molar-refractivity contribution < 1.29 is 9.90 Å². The molecule has 2 aromatic heterocycles. The topological polar surface area (TPSA) is 70.4 Å². The van der Waals surface area contributed by atoms with Gasteiger partial charge in [-0.15, -0.1) is 0 Å². The van der Waals surface area contributed by atoms with Gasteiger partial charge in [-0.3, -0.25) is 14.7 Å². The number of aromatic nitrogens is 2. The lowest BCUT2D eigenvalue weighted by molar-refractivity contribution is 0.102. The van der Waals surface area contributed by atoms with Crippen molar-refractivity contribution in [1.82, 2.24) is 14.5 Å². The largest absolute Gasteiger partial charge is 0.508 e. The fourth-order valence-corrected chi connectivity index (χ4v) is 4.88. The third-order valence-corrected chi connectivity index (χ3v) is 6.46. The van der Waals surface area contributed by atoms with Crippen molar-refractivity contribution in [2.45, 2.75) is 32.7 Å². The first-order valence-corrected chi connectivity index (χ1v) is 11.5. The lowest BCUT2D eigenvalue weighted by Crippen LogP contribution is -2.29. The van der Waals surface area contributed by atoms with Crippen LogP contribution in [-0.4, -0.2) is 38.6 Å². The quantitative estimate of drug-likeness (QED) is 0.443. The van der Waals surface area contributed by atoms with Crippen molar-refractivity contribution in [3.63, 3.8) is 0 Å². The van der Waals surface area contributed by atoms with E-state index in [-0.39, 0.29) is 11.7 Å². The summed E-state index contributed by atoms with van der Waals surface area (Å²) in [6, 6.07) is 17.3. The molecule has 0 radical (unpaired) electrons. The standard InChI is InChI=1S/C27H28N4O2/c1-19-25(27(33)29-20-12-14-28-15-13-20)26-22(18-30-16-6-3-7-17-30)24(32)11-10-23(26)31(19)21-8-4-2-5-9-21/h2,4-5,8-15,32H,3,6-7,16-18H2,1H3,(H,28,29,33). The van der Waals surface area contributed by atoms with Gasteiger partial charge in [0.2, 0.25) is 0 Å². The van der Waals surface area contributed by atoms with Crippen LogP contribution in [0.25, 0.3) is 16.6 Å². The molecule has 0 spiro atoms. The molecule has 0 bridgehead atoms. The number of rotatable bonds is 5. The van der Waals surface area contributed by atoms with Gasteiger partial charge in [-0.05, 0) is 69.3 Å². The fourth-order valence-electron chi connectivity index (χ4n) is 4.88. The van der Waals surface area contributed by atoms with E-state index in [9.17, 15) is 9.90 Å². The van der Waals surface area contributed by atoms with Gasteiger partial charge in [0.05, 0.1) is 11.1 Å². The van der Waals surface area contributed by atoms with Gasteiger partial charge in [-0.2, -0.15) is 0 Å². The number of nitrogens with one attached hydrogen (secondary N) is 1. The monoisotopic (exact) mass is 440 g/mol. The normalized spacial score (nSPS) is 14.5. The van der Waals surface area contributed by atoms with Crippen molar-refractivity contribution >= 4 is 22.5 Å². The molecule has 1 amide bonds. The Bertz CT molecular complexity index is 1280. The Labute approximate surface area is 193 Å². The van der Waals surface area contributed by atoms with Crippen LogP contribution in [0.3, 0.4) is 0 Å². The molecule has 0 saturated carbocycles. The molecule has 168 valence electrons. The summed E-state index contributed by atoms with van der Waals surface area (Å²) in [7, 11) is 0. The van der Waals surface area contributed by atoms with Crippen molar-refractivity contribution in [3.05, 3.63) is 83.8 Å². The average Bonchev–Trinajstić information content (AvgIpc) is 3.15. The molecule has 1 aliphatic heterocycles. The van der Waals surface area contributed by atoms with Crippen LogP contribution in [0.5, 0.6) is 5.75 Å². The van der Waals surface area contributed by atoms with Gasteiger partial charge < -0.3 is 15.0 Å². The van der Waals surface area contributed by atoms with E-state index in [1.165, 1.54) is 6.42 Å². The van der Waals surface area contributed by atoms with E-state index >= 15 is 0 Å². The summed E-state index contributed by atoms with van der Waals surface area (Å²) in [5, 5.41) is 14.8. The summed E-state index contributed by atoms with van der Waals surface area (Å²) in [5.74, 6) is 0.0418. The molecular weight excluding hydrogens is 412 g/mol. The Balaban J connectivity index is 1.70.